The summed E-state index contributed by atoms with van der Waals surface area (Å²) in [5.74, 6) is 0.159. The van der Waals surface area contributed by atoms with Gasteiger partial charge in [0.05, 0.1) is 12.8 Å². The number of hydrazone groups is 1. The van der Waals surface area contributed by atoms with Crippen LogP contribution in [0.2, 0.25) is 0 Å². The van der Waals surface area contributed by atoms with Crippen LogP contribution >= 0.6 is 0 Å². The predicted octanol–water partition coefficient (Wildman–Crippen LogP) is 2.62. The van der Waals surface area contributed by atoms with Crippen molar-refractivity contribution in [1.29, 1.82) is 0 Å². The quantitative estimate of drug-likeness (QED) is 0.632. The Morgan fingerprint density at radius 1 is 1.25 bits per heavy atom. The van der Waals surface area contributed by atoms with Crippen LogP contribution in [0.25, 0.3) is 0 Å². The third-order valence-electron chi connectivity index (χ3n) is 3.31. The summed E-state index contributed by atoms with van der Waals surface area (Å²) in [5.41, 5.74) is 4.73. The molecule has 0 atom stereocenters. The van der Waals surface area contributed by atoms with Gasteiger partial charge < -0.3 is 14.7 Å². The van der Waals surface area contributed by atoms with Crippen LogP contribution in [0, 0.1) is 0 Å². The molecule has 0 spiro atoms. The van der Waals surface area contributed by atoms with Gasteiger partial charge in [-0.2, -0.15) is 5.10 Å². The maximum absolute atomic E-state index is 12.0. The van der Waals surface area contributed by atoms with E-state index in [9.17, 15) is 9.90 Å². The number of benzene rings is 2. The molecular formula is C18H21N3O3. The van der Waals surface area contributed by atoms with E-state index in [0.717, 1.165) is 5.69 Å². The van der Waals surface area contributed by atoms with E-state index in [4.69, 9.17) is 4.74 Å². The van der Waals surface area contributed by atoms with Gasteiger partial charge in [-0.1, -0.05) is 0 Å². The number of ether oxygens (including phenoxy) is 1. The van der Waals surface area contributed by atoms with Gasteiger partial charge in [-0.25, -0.2) is 5.43 Å². The van der Waals surface area contributed by atoms with Gasteiger partial charge in [0.2, 0.25) is 0 Å². The van der Waals surface area contributed by atoms with Crippen molar-refractivity contribution in [3.8, 4) is 11.5 Å². The highest BCUT2D eigenvalue weighted by Crippen LogP contribution is 2.26. The minimum Gasteiger partial charge on any atom is -0.504 e. The fourth-order valence-electron chi connectivity index (χ4n) is 2.02. The molecule has 6 heteroatoms. The number of carbonyl (C=O) groups excluding carboxylic acids is 1. The van der Waals surface area contributed by atoms with E-state index >= 15 is 0 Å². The van der Waals surface area contributed by atoms with Crippen molar-refractivity contribution in [2.45, 2.75) is 6.92 Å². The zero-order valence-corrected chi connectivity index (χ0v) is 14.0. The lowest BCUT2D eigenvalue weighted by Crippen LogP contribution is -2.18. The molecule has 0 aliphatic carbocycles. The van der Waals surface area contributed by atoms with E-state index < -0.39 is 0 Å². The molecule has 1 amide bonds. The number of phenolic OH excluding ortho intramolecular Hbond substituents is 1. The van der Waals surface area contributed by atoms with Crippen LogP contribution in [-0.2, 0) is 0 Å². The number of hydrogen-bond acceptors (Lipinski definition) is 5. The summed E-state index contributed by atoms with van der Waals surface area (Å²) in [6.45, 7) is 2.29. The number of hydrogen-bond donors (Lipinski definition) is 2. The number of phenols is 1. The first-order chi connectivity index (χ1) is 11.5. The summed E-state index contributed by atoms with van der Waals surface area (Å²) in [6, 6.07) is 12.1. The summed E-state index contributed by atoms with van der Waals surface area (Å²) in [6.07, 6.45) is 1.49. The second-order valence-electron chi connectivity index (χ2n) is 5.30. The molecule has 0 fully saturated rings. The van der Waals surface area contributed by atoms with Crippen molar-refractivity contribution >= 4 is 17.8 Å². The molecule has 0 unspecified atom stereocenters. The van der Waals surface area contributed by atoms with Crippen LogP contribution in [0.5, 0.6) is 11.5 Å². The molecule has 0 saturated heterocycles. The Hall–Kier alpha value is -3.02. The van der Waals surface area contributed by atoms with Crippen LogP contribution in [0.1, 0.15) is 22.8 Å². The highest BCUT2D eigenvalue weighted by molar-refractivity contribution is 5.95. The zero-order chi connectivity index (χ0) is 17.5. The van der Waals surface area contributed by atoms with Crippen molar-refractivity contribution in [2.24, 2.45) is 5.10 Å². The number of nitrogens with zero attached hydrogens (tertiary/aromatic N) is 2. The molecule has 6 nitrogen and oxygen atoms in total. The minimum absolute atomic E-state index is 0.0685. The molecule has 2 aromatic carbocycles. The van der Waals surface area contributed by atoms with Gasteiger partial charge in [0, 0.05) is 25.3 Å². The summed E-state index contributed by atoms with van der Waals surface area (Å²) in [5, 5.41) is 13.6. The molecule has 2 N–H and O–H groups in total. The summed E-state index contributed by atoms with van der Waals surface area (Å²) >= 11 is 0. The van der Waals surface area contributed by atoms with Crippen molar-refractivity contribution < 1.29 is 14.6 Å². The predicted molar refractivity (Wildman–Crippen MR) is 95.1 cm³/mol. The van der Waals surface area contributed by atoms with E-state index in [1.807, 2.05) is 38.1 Å². The molecule has 0 radical (unpaired) electrons. The van der Waals surface area contributed by atoms with E-state index in [1.54, 1.807) is 24.3 Å². The Kier molecular flexibility index (Phi) is 5.78. The number of aromatic hydroxyl groups is 1. The van der Waals surface area contributed by atoms with Gasteiger partial charge in [0.15, 0.2) is 11.5 Å². The number of amides is 1. The molecule has 126 valence electrons. The summed E-state index contributed by atoms with van der Waals surface area (Å²) in [7, 11) is 3.88. The Morgan fingerprint density at radius 2 is 1.96 bits per heavy atom. The molecule has 0 aliphatic heterocycles. The number of nitrogens with one attached hydrogen (secondary N) is 1. The van der Waals surface area contributed by atoms with Gasteiger partial charge in [-0.15, -0.1) is 0 Å². The van der Waals surface area contributed by atoms with Crippen LogP contribution < -0.4 is 15.1 Å². The van der Waals surface area contributed by atoms with Gasteiger partial charge in [0.25, 0.3) is 5.91 Å². The first-order valence-electron chi connectivity index (χ1n) is 7.58. The lowest BCUT2D eigenvalue weighted by atomic mass is 10.2. The fraction of sp³-hybridized carbons (Fsp3) is 0.222. The lowest BCUT2D eigenvalue weighted by molar-refractivity contribution is 0.0955. The molecule has 24 heavy (non-hydrogen) atoms. The molecule has 0 bridgehead atoms. The second kappa shape index (κ2) is 8.01. The van der Waals surface area contributed by atoms with Crippen molar-refractivity contribution in [1.82, 2.24) is 5.43 Å². The number of carbonyl (C=O) groups is 1. The maximum atomic E-state index is 12.0. The maximum Gasteiger partial charge on any atom is 0.271 e. The van der Waals surface area contributed by atoms with Crippen LogP contribution in [0.4, 0.5) is 5.69 Å². The SMILES string of the molecule is CCOc1cc(/C=N\NC(=O)c2ccc(N(C)C)cc2)ccc1O. The zero-order valence-electron chi connectivity index (χ0n) is 14.0. The fourth-order valence-corrected chi connectivity index (χ4v) is 2.02. The summed E-state index contributed by atoms with van der Waals surface area (Å²) in [4.78, 5) is 14.0. The first kappa shape index (κ1) is 17.3. The van der Waals surface area contributed by atoms with E-state index in [-0.39, 0.29) is 11.7 Å². The van der Waals surface area contributed by atoms with Gasteiger partial charge in [-0.3, -0.25) is 4.79 Å². The smallest absolute Gasteiger partial charge is 0.271 e. The minimum atomic E-state index is -0.291. The number of anilines is 1. The lowest BCUT2D eigenvalue weighted by Gasteiger charge is -2.12. The van der Waals surface area contributed by atoms with Gasteiger partial charge >= 0.3 is 0 Å². The first-order valence-corrected chi connectivity index (χ1v) is 7.58. The van der Waals surface area contributed by atoms with Gasteiger partial charge in [-0.05, 0) is 55.0 Å². The Labute approximate surface area is 141 Å². The molecule has 0 aromatic heterocycles. The second-order valence-corrected chi connectivity index (χ2v) is 5.30. The Morgan fingerprint density at radius 3 is 2.58 bits per heavy atom. The third kappa shape index (κ3) is 4.49. The van der Waals surface area contributed by atoms with Crippen molar-refractivity contribution in [3.63, 3.8) is 0 Å². The van der Waals surface area contributed by atoms with Crippen LogP contribution in [0.15, 0.2) is 47.6 Å². The Balaban J connectivity index is 2.00. The standard InChI is InChI=1S/C18H21N3O3/c1-4-24-17-11-13(5-10-16(17)22)12-19-20-18(23)14-6-8-15(9-7-14)21(2)3/h5-12,22H,4H2,1-3H3,(H,20,23)/b19-12-. The van der Waals surface area contributed by atoms with E-state index in [2.05, 4.69) is 10.5 Å². The monoisotopic (exact) mass is 327 g/mol. The topological polar surface area (TPSA) is 74.2 Å². The largest absolute Gasteiger partial charge is 0.504 e. The molecule has 0 saturated carbocycles. The highest BCUT2D eigenvalue weighted by Gasteiger charge is 2.05. The van der Waals surface area contributed by atoms with Crippen molar-refractivity contribution in [3.05, 3.63) is 53.6 Å². The average Bonchev–Trinajstić information content (AvgIpc) is 2.58. The third-order valence-corrected chi connectivity index (χ3v) is 3.31. The van der Waals surface area contributed by atoms with Crippen LogP contribution in [-0.4, -0.2) is 37.9 Å². The summed E-state index contributed by atoms with van der Waals surface area (Å²) < 4.78 is 5.30. The van der Waals surface area contributed by atoms with Crippen molar-refractivity contribution in [2.75, 3.05) is 25.6 Å². The number of rotatable bonds is 6. The van der Waals surface area contributed by atoms with Crippen LogP contribution in [0.3, 0.4) is 0 Å². The molecule has 0 heterocycles. The van der Waals surface area contributed by atoms with E-state index in [0.29, 0.717) is 23.5 Å². The molecule has 2 aromatic rings. The van der Waals surface area contributed by atoms with Gasteiger partial charge in [0.1, 0.15) is 0 Å². The molecule has 0 aliphatic rings. The average molecular weight is 327 g/mol. The highest BCUT2D eigenvalue weighted by atomic mass is 16.5. The molecule has 2 rings (SSSR count). The van der Waals surface area contributed by atoms with E-state index in [1.165, 1.54) is 12.3 Å². The normalized spacial score (nSPS) is 10.6. The Bertz CT molecular complexity index is 725. The molecular weight excluding hydrogens is 306 g/mol.